The van der Waals surface area contributed by atoms with E-state index in [1.807, 2.05) is 0 Å². The van der Waals surface area contributed by atoms with Gasteiger partial charge in [-0.1, -0.05) is 17.5 Å². The highest BCUT2D eigenvalue weighted by Gasteiger charge is 1.96. The second-order valence-electron chi connectivity index (χ2n) is 1.93. The average molecular weight is 166 g/mol. The Bertz CT molecular complexity index is 299. The van der Waals surface area contributed by atoms with Gasteiger partial charge >= 0.3 is 0 Å². The van der Waals surface area contributed by atoms with E-state index in [4.69, 9.17) is 22.8 Å². The standard InChI is InChI=1S/C9H6ClO/c1-3-7-4-8(10)6-9(5-7)11-2/h1,4-5H,2H3. The average Bonchev–Trinajstić information content (AvgIpc) is 2.03. The SMILES string of the molecule is C#Cc1cc(Cl)[c]c(OC)c1. The highest BCUT2D eigenvalue weighted by atomic mass is 35.5. The van der Waals surface area contributed by atoms with Crippen LogP contribution in [0.1, 0.15) is 5.56 Å². The Morgan fingerprint density at radius 3 is 2.91 bits per heavy atom. The van der Waals surface area contributed by atoms with Gasteiger partial charge in [-0.25, -0.2) is 0 Å². The summed E-state index contributed by atoms with van der Waals surface area (Å²) < 4.78 is 4.90. The fraction of sp³-hybridized carbons (Fsp3) is 0.111. The van der Waals surface area contributed by atoms with E-state index >= 15 is 0 Å². The molecule has 55 valence electrons. The molecule has 0 saturated heterocycles. The van der Waals surface area contributed by atoms with E-state index in [-0.39, 0.29) is 0 Å². The lowest BCUT2D eigenvalue weighted by molar-refractivity contribution is 0.414. The smallest absolute Gasteiger partial charge is 0.129 e. The minimum absolute atomic E-state index is 0.470. The predicted octanol–water partition coefficient (Wildman–Crippen LogP) is 2.13. The van der Waals surface area contributed by atoms with Crippen LogP contribution in [0.5, 0.6) is 5.75 Å². The first-order valence-electron chi connectivity index (χ1n) is 2.99. The van der Waals surface area contributed by atoms with Crippen molar-refractivity contribution in [2.24, 2.45) is 0 Å². The number of hydrogen-bond acceptors (Lipinski definition) is 1. The summed E-state index contributed by atoms with van der Waals surface area (Å²) in [6.45, 7) is 0. The fourth-order valence-electron chi connectivity index (χ4n) is 0.703. The number of hydrogen-bond donors (Lipinski definition) is 0. The zero-order valence-corrected chi connectivity index (χ0v) is 6.77. The number of benzene rings is 1. The largest absolute Gasteiger partial charge is 0.496 e. The molecule has 0 fully saturated rings. The van der Waals surface area contributed by atoms with Gasteiger partial charge in [-0.3, -0.25) is 0 Å². The Labute approximate surface area is 70.9 Å². The molecule has 0 aliphatic carbocycles. The summed E-state index contributed by atoms with van der Waals surface area (Å²) in [6, 6.07) is 6.14. The number of terminal acetylenes is 1. The normalized spacial score (nSPS) is 8.82. The molecule has 1 rings (SSSR count). The van der Waals surface area contributed by atoms with E-state index in [1.165, 1.54) is 0 Å². The topological polar surface area (TPSA) is 9.23 Å². The van der Waals surface area contributed by atoms with Crippen LogP contribution >= 0.6 is 11.6 Å². The molecule has 0 unspecified atom stereocenters. The predicted molar refractivity (Wildman–Crippen MR) is 44.8 cm³/mol. The minimum Gasteiger partial charge on any atom is -0.496 e. The maximum atomic E-state index is 5.68. The Kier molecular flexibility index (Phi) is 2.40. The lowest BCUT2D eigenvalue weighted by Crippen LogP contribution is -1.84. The van der Waals surface area contributed by atoms with Crippen LogP contribution in [0.15, 0.2) is 12.1 Å². The van der Waals surface area contributed by atoms with Crippen molar-refractivity contribution in [1.29, 1.82) is 0 Å². The Morgan fingerprint density at radius 1 is 1.64 bits per heavy atom. The summed E-state index contributed by atoms with van der Waals surface area (Å²) in [5.74, 6) is 3.02. The van der Waals surface area contributed by atoms with Crippen molar-refractivity contribution in [2.45, 2.75) is 0 Å². The van der Waals surface area contributed by atoms with Crippen molar-refractivity contribution in [3.8, 4) is 18.1 Å². The van der Waals surface area contributed by atoms with Crippen molar-refractivity contribution in [1.82, 2.24) is 0 Å². The third-order valence-corrected chi connectivity index (χ3v) is 1.40. The fourth-order valence-corrected chi connectivity index (χ4v) is 0.913. The van der Waals surface area contributed by atoms with Crippen molar-refractivity contribution in [3.05, 3.63) is 28.8 Å². The highest BCUT2D eigenvalue weighted by molar-refractivity contribution is 6.30. The minimum atomic E-state index is 0.470. The molecule has 11 heavy (non-hydrogen) atoms. The molecule has 0 N–H and O–H groups in total. The first kappa shape index (κ1) is 7.97. The maximum Gasteiger partial charge on any atom is 0.129 e. The van der Waals surface area contributed by atoms with Crippen LogP contribution in [0.4, 0.5) is 0 Å². The second-order valence-corrected chi connectivity index (χ2v) is 2.34. The van der Waals surface area contributed by atoms with E-state index in [0.717, 1.165) is 0 Å². The molecule has 0 atom stereocenters. The summed E-state index contributed by atoms with van der Waals surface area (Å²) in [7, 11) is 1.54. The van der Waals surface area contributed by atoms with Gasteiger partial charge in [0.05, 0.1) is 12.1 Å². The van der Waals surface area contributed by atoms with Gasteiger partial charge in [0.25, 0.3) is 0 Å². The number of methoxy groups -OCH3 is 1. The van der Waals surface area contributed by atoms with Gasteiger partial charge in [0, 0.05) is 11.6 Å². The van der Waals surface area contributed by atoms with Crippen LogP contribution in [0.25, 0.3) is 0 Å². The number of rotatable bonds is 1. The molecule has 0 bridgehead atoms. The van der Waals surface area contributed by atoms with Gasteiger partial charge in [-0.05, 0) is 12.1 Å². The summed E-state index contributed by atoms with van der Waals surface area (Å²) in [5, 5.41) is 0.470. The maximum absolute atomic E-state index is 5.68. The third kappa shape index (κ3) is 1.89. The molecule has 0 aliphatic heterocycles. The molecule has 0 aliphatic rings. The third-order valence-electron chi connectivity index (χ3n) is 1.20. The summed E-state index contributed by atoms with van der Waals surface area (Å²) in [6.07, 6.45) is 5.16. The van der Waals surface area contributed by atoms with Crippen molar-refractivity contribution in [3.63, 3.8) is 0 Å². The van der Waals surface area contributed by atoms with Crippen molar-refractivity contribution < 1.29 is 4.74 Å². The van der Waals surface area contributed by atoms with Crippen LogP contribution in [0, 0.1) is 18.4 Å². The van der Waals surface area contributed by atoms with E-state index < -0.39 is 0 Å². The van der Waals surface area contributed by atoms with Gasteiger partial charge in [0.1, 0.15) is 5.75 Å². The Hall–Kier alpha value is -1.13. The van der Waals surface area contributed by atoms with Crippen LogP contribution in [-0.4, -0.2) is 7.11 Å². The Morgan fingerprint density at radius 2 is 2.36 bits per heavy atom. The molecule has 0 aromatic heterocycles. The molecule has 1 aromatic carbocycles. The quantitative estimate of drug-likeness (QED) is 0.580. The second kappa shape index (κ2) is 3.32. The molecule has 0 amide bonds. The lowest BCUT2D eigenvalue weighted by atomic mass is 10.2. The summed E-state index contributed by atoms with van der Waals surface area (Å²) in [4.78, 5) is 0. The zero-order valence-electron chi connectivity index (χ0n) is 6.02. The molecule has 1 nitrogen and oxygen atoms in total. The molecule has 1 aromatic rings. The van der Waals surface area contributed by atoms with Gasteiger partial charge in [-0.15, -0.1) is 6.42 Å². The van der Waals surface area contributed by atoms with E-state index in [1.54, 1.807) is 19.2 Å². The van der Waals surface area contributed by atoms with E-state index in [0.29, 0.717) is 16.3 Å². The molecule has 0 heterocycles. The summed E-state index contributed by atoms with van der Waals surface area (Å²) in [5.41, 5.74) is 0.700. The van der Waals surface area contributed by atoms with Crippen LogP contribution < -0.4 is 4.74 Å². The number of ether oxygens (including phenoxy) is 1. The molecular formula is C9H6ClO. The van der Waals surface area contributed by atoms with Gasteiger partial charge in [0.2, 0.25) is 0 Å². The highest BCUT2D eigenvalue weighted by Crippen LogP contribution is 2.18. The summed E-state index contributed by atoms with van der Waals surface area (Å²) >= 11 is 5.68. The van der Waals surface area contributed by atoms with Gasteiger partial charge in [-0.2, -0.15) is 0 Å². The van der Waals surface area contributed by atoms with Gasteiger partial charge in [0.15, 0.2) is 0 Å². The van der Waals surface area contributed by atoms with Crippen molar-refractivity contribution in [2.75, 3.05) is 7.11 Å². The van der Waals surface area contributed by atoms with E-state index in [2.05, 4.69) is 12.0 Å². The van der Waals surface area contributed by atoms with Gasteiger partial charge < -0.3 is 4.74 Å². The molecule has 2 heteroatoms. The number of halogens is 1. The van der Waals surface area contributed by atoms with Crippen molar-refractivity contribution >= 4 is 11.6 Å². The van der Waals surface area contributed by atoms with E-state index in [9.17, 15) is 0 Å². The Balaban J connectivity index is 3.15. The zero-order chi connectivity index (χ0) is 8.27. The molecule has 0 spiro atoms. The molecule has 1 radical (unpaired) electrons. The van der Waals surface area contributed by atoms with Crippen LogP contribution in [0.2, 0.25) is 5.02 Å². The first-order chi connectivity index (χ1) is 5.26. The van der Waals surface area contributed by atoms with Crippen LogP contribution in [0.3, 0.4) is 0 Å². The first-order valence-corrected chi connectivity index (χ1v) is 3.37. The lowest BCUT2D eigenvalue weighted by Gasteiger charge is -1.99. The molecule has 0 saturated carbocycles. The molecular weight excluding hydrogens is 160 g/mol. The van der Waals surface area contributed by atoms with Crippen LogP contribution in [-0.2, 0) is 0 Å². The monoisotopic (exact) mass is 165 g/mol.